The zero-order chi connectivity index (χ0) is 14.0. The van der Waals surface area contributed by atoms with Crippen molar-refractivity contribution in [2.45, 2.75) is 12.4 Å². The van der Waals surface area contributed by atoms with Crippen LogP contribution in [-0.4, -0.2) is 12.4 Å². The third-order valence-corrected chi connectivity index (χ3v) is 1.02. The molecule has 0 aromatic rings. The number of rotatable bonds is 2. The van der Waals surface area contributed by atoms with Gasteiger partial charge in [0, 0.05) is 0 Å². The summed E-state index contributed by atoms with van der Waals surface area (Å²) < 4.78 is 119. The van der Waals surface area contributed by atoms with Crippen molar-refractivity contribution < 1.29 is 48.6 Å². The van der Waals surface area contributed by atoms with Crippen LogP contribution in [0.3, 0.4) is 0 Å². The summed E-state index contributed by atoms with van der Waals surface area (Å²) in [6.07, 6.45) is -11.9. The normalized spacial score (nSPS) is 16.4. The first-order chi connectivity index (χ1) is 7.37. The summed E-state index contributed by atoms with van der Waals surface area (Å²) in [6, 6.07) is -6.76. The molecule has 0 heterocycles. The lowest BCUT2D eigenvalue weighted by Gasteiger charge is -2.07. The SMILES string of the molecule is F/C(O/C(F)=C(/F)C(F)(F)F)=C(\F)C(F)(F)F. The van der Waals surface area contributed by atoms with Gasteiger partial charge in [-0.05, 0) is 0 Å². The van der Waals surface area contributed by atoms with Crippen molar-refractivity contribution in [2.24, 2.45) is 0 Å². The highest BCUT2D eigenvalue weighted by Crippen LogP contribution is 2.34. The summed E-state index contributed by atoms with van der Waals surface area (Å²) in [6.45, 7) is 0. The third kappa shape index (κ3) is 4.53. The molecule has 0 aromatic heterocycles. The van der Waals surface area contributed by atoms with Gasteiger partial charge in [0.1, 0.15) is 0 Å². The highest BCUT2D eigenvalue weighted by molar-refractivity contribution is 5.06. The molecule has 0 unspecified atom stereocenters. The Morgan fingerprint density at radius 1 is 0.588 bits per heavy atom. The number of hydrogen-bond donors (Lipinski definition) is 0. The average Bonchev–Trinajstić information content (AvgIpc) is 2.12. The summed E-state index contributed by atoms with van der Waals surface area (Å²) in [5.41, 5.74) is 0. The van der Waals surface area contributed by atoms with Crippen LogP contribution in [0.1, 0.15) is 0 Å². The van der Waals surface area contributed by atoms with Gasteiger partial charge in [-0.1, -0.05) is 0 Å². The van der Waals surface area contributed by atoms with E-state index in [1.807, 2.05) is 0 Å². The fraction of sp³-hybridized carbons (Fsp3) is 0.333. The molecule has 0 aromatic carbocycles. The number of ether oxygens (including phenoxy) is 1. The van der Waals surface area contributed by atoms with Crippen LogP contribution in [0.15, 0.2) is 23.7 Å². The number of allylic oxidation sites excluding steroid dienone is 2. The van der Waals surface area contributed by atoms with Crippen molar-refractivity contribution in [1.29, 1.82) is 0 Å². The lowest BCUT2D eigenvalue weighted by molar-refractivity contribution is -0.121. The maximum atomic E-state index is 12.0. The van der Waals surface area contributed by atoms with E-state index in [0.717, 1.165) is 0 Å². The minimum Gasteiger partial charge on any atom is -0.400 e. The van der Waals surface area contributed by atoms with Crippen molar-refractivity contribution in [2.75, 3.05) is 0 Å². The molecular weight excluding hydrogens is 278 g/mol. The number of halogens is 10. The summed E-state index contributed by atoms with van der Waals surface area (Å²) in [5.74, 6) is -7.27. The maximum absolute atomic E-state index is 12.0. The minimum absolute atomic E-state index is 2.46. The van der Waals surface area contributed by atoms with E-state index < -0.39 is 36.0 Å². The van der Waals surface area contributed by atoms with Gasteiger partial charge in [0.25, 0.3) is 11.7 Å². The molecule has 0 fully saturated rings. The highest BCUT2D eigenvalue weighted by Gasteiger charge is 2.42. The second-order valence-electron chi connectivity index (χ2n) is 2.27. The fourth-order valence-corrected chi connectivity index (χ4v) is 0.391. The Morgan fingerprint density at radius 3 is 1.00 bits per heavy atom. The zero-order valence-electron chi connectivity index (χ0n) is 7.19. The summed E-state index contributed by atoms with van der Waals surface area (Å²) in [4.78, 5) is 0. The largest absolute Gasteiger partial charge is 0.449 e. The van der Waals surface area contributed by atoms with Gasteiger partial charge in [-0.25, -0.2) is 0 Å². The van der Waals surface area contributed by atoms with E-state index in [0.29, 0.717) is 0 Å². The molecule has 0 saturated heterocycles. The Balaban J connectivity index is 5.13. The molecule has 0 bridgehead atoms. The number of alkyl halides is 6. The van der Waals surface area contributed by atoms with Gasteiger partial charge in [0.15, 0.2) is 0 Å². The van der Waals surface area contributed by atoms with Gasteiger partial charge < -0.3 is 4.74 Å². The van der Waals surface area contributed by atoms with E-state index in [-0.39, 0.29) is 0 Å². The maximum Gasteiger partial charge on any atom is 0.449 e. The Kier molecular flexibility index (Phi) is 4.43. The highest BCUT2D eigenvalue weighted by atomic mass is 19.4. The Hall–Kier alpha value is -1.42. The summed E-state index contributed by atoms with van der Waals surface area (Å²) in [5, 5.41) is 0. The van der Waals surface area contributed by atoms with Crippen LogP contribution in [0.4, 0.5) is 43.9 Å². The van der Waals surface area contributed by atoms with Gasteiger partial charge in [-0.3, -0.25) is 0 Å². The molecule has 100 valence electrons. The van der Waals surface area contributed by atoms with Crippen molar-refractivity contribution in [3.05, 3.63) is 23.7 Å². The third-order valence-electron chi connectivity index (χ3n) is 1.02. The molecule has 0 saturated carbocycles. The lowest BCUT2D eigenvalue weighted by atomic mass is 10.5. The predicted octanol–water partition coefficient (Wildman–Crippen LogP) is 4.34. The van der Waals surface area contributed by atoms with Crippen LogP contribution < -0.4 is 0 Å². The molecule has 0 aliphatic rings. The van der Waals surface area contributed by atoms with Crippen molar-refractivity contribution in [3.8, 4) is 0 Å². The Morgan fingerprint density at radius 2 is 0.824 bits per heavy atom. The molecular formula is C6F10O. The fourth-order valence-electron chi connectivity index (χ4n) is 0.391. The summed E-state index contributed by atoms with van der Waals surface area (Å²) >= 11 is 0. The molecule has 0 atom stereocenters. The second kappa shape index (κ2) is 4.84. The first-order valence-electron chi connectivity index (χ1n) is 3.30. The van der Waals surface area contributed by atoms with E-state index in [4.69, 9.17) is 0 Å². The molecule has 0 rings (SSSR count). The first-order valence-corrected chi connectivity index (χ1v) is 3.30. The van der Waals surface area contributed by atoms with Gasteiger partial charge in [-0.2, -0.15) is 43.9 Å². The molecule has 0 radical (unpaired) electrons. The van der Waals surface area contributed by atoms with Crippen LogP contribution in [0.2, 0.25) is 0 Å². The van der Waals surface area contributed by atoms with Crippen LogP contribution in [0.5, 0.6) is 0 Å². The quantitative estimate of drug-likeness (QED) is 0.539. The molecule has 17 heavy (non-hydrogen) atoms. The van der Waals surface area contributed by atoms with Gasteiger partial charge in [-0.15, -0.1) is 0 Å². The molecule has 0 aliphatic carbocycles. The molecule has 11 heteroatoms. The monoisotopic (exact) mass is 278 g/mol. The Labute approximate surface area is 86.0 Å². The van der Waals surface area contributed by atoms with Crippen molar-refractivity contribution >= 4 is 0 Å². The smallest absolute Gasteiger partial charge is 0.400 e. The average molecular weight is 278 g/mol. The second-order valence-corrected chi connectivity index (χ2v) is 2.27. The predicted molar refractivity (Wildman–Crippen MR) is 31.7 cm³/mol. The van der Waals surface area contributed by atoms with E-state index in [9.17, 15) is 43.9 Å². The lowest BCUT2D eigenvalue weighted by Crippen LogP contribution is -2.13. The van der Waals surface area contributed by atoms with Crippen LogP contribution in [0.25, 0.3) is 0 Å². The topological polar surface area (TPSA) is 9.23 Å². The zero-order valence-corrected chi connectivity index (χ0v) is 7.19. The minimum atomic E-state index is -5.95. The van der Waals surface area contributed by atoms with E-state index in [1.165, 1.54) is 0 Å². The van der Waals surface area contributed by atoms with Crippen LogP contribution >= 0.6 is 0 Å². The van der Waals surface area contributed by atoms with Crippen molar-refractivity contribution in [1.82, 2.24) is 0 Å². The molecule has 0 aliphatic heterocycles. The van der Waals surface area contributed by atoms with Crippen LogP contribution in [-0.2, 0) is 4.74 Å². The molecule has 0 N–H and O–H groups in total. The summed E-state index contributed by atoms with van der Waals surface area (Å²) in [7, 11) is 0. The van der Waals surface area contributed by atoms with Crippen molar-refractivity contribution in [3.63, 3.8) is 0 Å². The first kappa shape index (κ1) is 15.6. The van der Waals surface area contributed by atoms with E-state index >= 15 is 0 Å². The van der Waals surface area contributed by atoms with E-state index in [2.05, 4.69) is 4.74 Å². The Bertz CT molecular complexity index is 311. The molecule has 1 nitrogen and oxygen atoms in total. The number of hydrogen-bond acceptors (Lipinski definition) is 1. The standard InChI is InChI=1S/C6F10O/c7-1(5(11,12)13)3(9)17-4(10)2(8)6(14,15)16/b3-1+,4-2+. The van der Waals surface area contributed by atoms with Crippen LogP contribution in [0, 0.1) is 0 Å². The van der Waals surface area contributed by atoms with Gasteiger partial charge >= 0.3 is 24.4 Å². The molecule has 0 spiro atoms. The van der Waals surface area contributed by atoms with Gasteiger partial charge in [0.2, 0.25) is 0 Å². The molecule has 0 amide bonds. The van der Waals surface area contributed by atoms with E-state index in [1.54, 1.807) is 0 Å². The van der Waals surface area contributed by atoms with Gasteiger partial charge in [0.05, 0.1) is 0 Å².